The molecule has 0 bridgehead atoms. The van der Waals surface area contributed by atoms with Gasteiger partial charge in [-0.1, -0.05) is 0 Å². The quantitative estimate of drug-likeness (QED) is 0.600. The van der Waals surface area contributed by atoms with Crippen molar-refractivity contribution in [2.45, 2.75) is 16.7 Å². The van der Waals surface area contributed by atoms with E-state index in [2.05, 4.69) is 25.3 Å². The molecule has 80 valence electrons. The molecule has 15 heavy (non-hydrogen) atoms. The molecule has 0 saturated carbocycles. The SMILES string of the molecule is Cc1c(C(=O)O)c(S)cc(S)c1C(=O)O. The Labute approximate surface area is 96.7 Å². The molecule has 0 aliphatic rings. The lowest BCUT2D eigenvalue weighted by atomic mass is 10.0. The first kappa shape index (κ1) is 11.9. The van der Waals surface area contributed by atoms with Crippen LogP contribution in [0.2, 0.25) is 0 Å². The van der Waals surface area contributed by atoms with E-state index < -0.39 is 11.9 Å². The molecule has 1 aromatic carbocycles. The standard InChI is InChI=1S/C9H8O4S2/c1-3-6(8(10)11)4(14)2-5(15)7(3)9(12)13/h2,14-15H,1H3,(H,10,11)(H,12,13). The van der Waals surface area contributed by atoms with Crippen molar-refractivity contribution in [2.75, 3.05) is 0 Å². The van der Waals surface area contributed by atoms with Crippen LogP contribution in [0.25, 0.3) is 0 Å². The third-order valence-electron chi connectivity index (χ3n) is 1.96. The summed E-state index contributed by atoms with van der Waals surface area (Å²) in [7, 11) is 0. The molecule has 2 N–H and O–H groups in total. The van der Waals surface area contributed by atoms with Crippen LogP contribution in [0.3, 0.4) is 0 Å². The maximum absolute atomic E-state index is 10.9. The minimum Gasteiger partial charge on any atom is -0.478 e. The van der Waals surface area contributed by atoms with Crippen LogP contribution in [0.4, 0.5) is 0 Å². The molecule has 0 atom stereocenters. The van der Waals surface area contributed by atoms with Crippen LogP contribution in [0.15, 0.2) is 15.9 Å². The molecular weight excluding hydrogens is 236 g/mol. The van der Waals surface area contributed by atoms with Crippen molar-refractivity contribution >= 4 is 37.2 Å². The van der Waals surface area contributed by atoms with Crippen molar-refractivity contribution in [1.29, 1.82) is 0 Å². The summed E-state index contributed by atoms with van der Waals surface area (Å²) in [6.07, 6.45) is 0. The fraction of sp³-hybridized carbons (Fsp3) is 0.111. The van der Waals surface area contributed by atoms with E-state index in [1.165, 1.54) is 13.0 Å². The Morgan fingerprint density at radius 1 is 1.07 bits per heavy atom. The van der Waals surface area contributed by atoms with E-state index in [9.17, 15) is 9.59 Å². The van der Waals surface area contributed by atoms with Gasteiger partial charge in [0.1, 0.15) is 0 Å². The van der Waals surface area contributed by atoms with Crippen LogP contribution in [0.1, 0.15) is 26.3 Å². The number of aromatic carboxylic acids is 2. The molecule has 4 nitrogen and oxygen atoms in total. The number of carboxylic acid groups (broad SMARTS) is 2. The minimum atomic E-state index is -1.20. The van der Waals surface area contributed by atoms with Gasteiger partial charge in [-0.05, 0) is 18.6 Å². The molecule has 0 heterocycles. The Balaban J connectivity index is 3.64. The monoisotopic (exact) mass is 244 g/mol. The summed E-state index contributed by atoms with van der Waals surface area (Å²) in [4.78, 5) is 22.1. The van der Waals surface area contributed by atoms with Gasteiger partial charge in [-0.25, -0.2) is 9.59 Å². The summed E-state index contributed by atoms with van der Waals surface area (Å²) in [5.41, 5.74) is -0.0467. The van der Waals surface area contributed by atoms with Crippen LogP contribution < -0.4 is 0 Å². The highest BCUT2D eigenvalue weighted by molar-refractivity contribution is 7.81. The topological polar surface area (TPSA) is 74.6 Å². The van der Waals surface area contributed by atoms with Crippen molar-refractivity contribution in [3.05, 3.63) is 22.8 Å². The predicted molar refractivity (Wildman–Crippen MR) is 59.6 cm³/mol. The molecule has 0 fully saturated rings. The second kappa shape index (κ2) is 4.16. The molecule has 1 rings (SSSR count). The number of rotatable bonds is 2. The second-order valence-electron chi connectivity index (χ2n) is 2.90. The van der Waals surface area contributed by atoms with Gasteiger partial charge < -0.3 is 10.2 Å². The van der Waals surface area contributed by atoms with E-state index in [0.717, 1.165) is 0 Å². The fourth-order valence-electron chi connectivity index (χ4n) is 1.32. The van der Waals surface area contributed by atoms with Gasteiger partial charge >= 0.3 is 11.9 Å². The number of hydrogen-bond acceptors (Lipinski definition) is 4. The first-order chi connectivity index (χ1) is 6.86. The summed E-state index contributed by atoms with van der Waals surface area (Å²) in [6, 6.07) is 1.31. The molecule has 0 radical (unpaired) electrons. The highest BCUT2D eigenvalue weighted by Gasteiger charge is 2.20. The maximum atomic E-state index is 10.9. The van der Waals surface area contributed by atoms with Crippen LogP contribution in [-0.2, 0) is 0 Å². The molecule has 0 saturated heterocycles. The van der Waals surface area contributed by atoms with Crippen molar-refractivity contribution < 1.29 is 19.8 Å². The summed E-state index contributed by atoms with van der Waals surface area (Å²) < 4.78 is 0. The number of hydrogen-bond donors (Lipinski definition) is 4. The van der Waals surface area contributed by atoms with E-state index in [0.29, 0.717) is 0 Å². The molecule has 0 spiro atoms. The normalized spacial score (nSPS) is 10.1. The lowest BCUT2D eigenvalue weighted by Gasteiger charge is -2.10. The highest BCUT2D eigenvalue weighted by Crippen LogP contribution is 2.27. The zero-order valence-electron chi connectivity index (χ0n) is 7.68. The van der Waals surface area contributed by atoms with Crippen LogP contribution in [0, 0.1) is 6.92 Å². The summed E-state index contributed by atoms with van der Waals surface area (Å²) in [5.74, 6) is -2.40. The first-order valence-corrected chi connectivity index (χ1v) is 4.77. The van der Waals surface area contributed by atoms with Crippen LogP contribution in [0.5, 0.6) is 0 Å². The average molecular weight is 244 g/mol. The Kier molecular flexibility index (Phi) is 3.31. The third-order valence-corrected chi connectivity index (χ3v) is 2.67. The summed E-state index contributed by atoms with van der Waals surface area (Å²) in [5, 5.41) is 17.8. The predicted octanol–water partition coefficient (Wildman–Crippen LogP) is 1.97. The molecule has 1 aromatic rings. The second-order valence-corrected chi connectivity index (χ2v) is 3.86. The average Bonchev–Trinajstić information content (AvgIpc) is 1.99. The lowest BCUT2D eigenvalue weighted by Crippen LogP contribution is -2.09. The minimum absolute atomic E-state index is 0.103. The highest BCUT2D eigenvalue weighted by atomic mass is 32.1. The summed E-state index contributed by atoms with van der Waals surface area (Å²) in [6.45, 7) is 1.42. The Bertz CT molecular complexity index is 416. The summed E-state index contributed by atoms with van der Waals surface area (Å²) >= 11 is 7.94. The van der Waals surface area contributed by atoms with E-state index in [1.807, 2.05) is 0 Å². The Morgan fingerprint density at radius 3 is 1.67 bits per heavy atom. The largest absolute Gasteiger partial charge is 0.478 e. The van der Waals surface area contributed by atoms with E-state index >= 15 is 0 Å². The molecule has 6 heteroatoms. The van der Waals surface area contributed by atoms with Crippen molar-refractivity contribution in [1.82, 2.24) is 0 Å². The van der Waals surface area contributed by atoms with Gasteiger partial charge in [0.2, 0.25) is 0 Å². The van der Waals surface area contributed by atoms with E-state index in [1.54, 1.807) is 0 Å². The van der Waals surface area contributed by atoms with Crippen molar-refractivity contribution in [2.24, 2.45) is 0 Å². The number of thiol groups is 2. The van der Waals surface area contributed by atoms with Gasteiger partial charge in [0.25, 0.3) is 0 Å². The molecule has 0 aromatic heterocycles. The van der Waals surface area contributed by atoms with Gasteiger partial charge in [0, 0.05) is 9.79 Å². The number of carboxylic acids is 2. The molecule has 0 unspecified atom stereocenters. The first-order valence-electron chi connectivity index (χ1n) is 3.88. The number of benzene rings is 1. The third kappa shape index (κ3) is 2.10. The van der Waals surface area contributed by atoms with Crippen molar-refractivity contribution in [3.63, 3.8) is 0 Å². The Morgan fingerprint density at radius 2 is 1.40 bits per heavy atom. The van der Waals surface area contributed by atoms with E-state index in [-0.39, 0.29) is 26.5 Å². The zero-order chi connectivity index (χ0) is 11.7. The molecular formula is C9H8O4S2. The van der Waals surface area contributed by atoms with Crippen LogP contribution >= 0.6 is 25.3 Å². The molecule has 0 amide bonds. The molecule has 0 aliphatic heterocycles. The fourth-order valence-corrected chi connectivity index (χ4v) is 2.21. The zero-order valence-corrected chi connectivity index (χ0v) is 9.47. The van der Waals surface area contributed by atoms with Gasteiger partial charge in [-0.2, -0.15) is 0 Å². The van der Waals surface area contributed by atoms with Gasteiger partial charge in [-0.15, -0.1) is 25.3 Å². The van der Waals surface area contributed by atoms with Gasteiger partial charge in [0.15, 0.2) is 0 Å². The molecule has 0 aliphatic carbocycles. The smallest absolute Gasteiger partial charge is 0.337 e. The van der Waals surface area contributed by atoms with Crippen LogP contribution in [-0.4, -0.2) is 22.2 Å². The van der Waals surface area contributed by atoms with E-state index in [4.69, 9.17) is 10.2 Å². The number of carbonyl (C=O) groups is 2. The van der Waals surface area contributed by atoms with Gasteiger partial charge in [-0.3, -0.25) is 0 Å². The van der Waals surface area contributed by atoms with Crippen molar-refractivity contribution in [3.8, 4) is 0 Å². The van der Waals surface area contributed by atoms with Gasteiger partial charge in [0.05, 0.1) is 11.1 Å². The Hall–Kier alpha value is -1.14. The lowest BCUT2D eigenvalue weighted by molar-refractivity contribution is 0.0691. The maximum Gasteiger partial charge on any atom is 0.337 e.